The summed E-state index contributed by atoms with van der Waals surface area (Å²) in [5.74, 6) is 2.97. The molecule has 1 saturated heterocycles. The van der Waals surface area contributed by atoms with Crippen LogP contribution in [0.25, 0.3) is 0 Å². The second-order valence-corrected chi connectivity index (χ2v) is 6.00. The molecular weight excluding hydrogens is 182 g/mol. The van der Waals surface area contributed by atoms with Crippen molar-refractivity contribution < 1.29 is 0 Å². The standard InChI is InChI=1S/C14H27N/c1-12-7-9-15(10-8-12)11-14-6-4-3-5-13(14)2/h12-14H,3-11H2,1-2H3. The van der Waals surface area contributed by atoms with Crippen molar-refractivity contribution in [3.8, 4) is 0 Å². The Labute approximate surface area is 95.2 Å². The molecule has 0 aromatic carbocycles. The second kappa shape index (κ2) is 5.34. The summed E-state index contributed by atoms with van der Waals surface area (Å²) in [7, 11) is 0. The summed E-state index contributed by atoms with van der Waals surface area (Å²) in [6.45, 7) is 9.00. The van der Waals surface area contributed by atoms with Crippen LogP contribution in [0.4, 0.5) is 0 Å². The minimum Gasteiger partial charge on any atom is -0.303 e. The summed E-state index contributed by atoms with van der Waals surface area (Å²) in [5.41, 5.74) is 0. The van der Waals surface area contributed by atoms with Crippen molar-refractivity contribution in [2.24, 2.45) is 17.8 Å². The summed E-state index contributed by atoms with van der Waals surface area (Å²) in [6, 6.07) is 0. The highest BCUT2D eigenvalue weighted by molar-refractivity contribution is 4.78. The maximum atomic E-state index is 2.73. The van der Waals surface area contributed by atoms with Crippen LogP contribution in [0.1, 0.15) is 52.4 Å². The summed E-state index contributed by atoms with van der Waals surface area (Å²) in [6.07, 6.45) is 8.80. The smallest absolute Gasteiger partial charge is 0.00122 e. The van der Waals surface area contributed by atoms with Gasteiger partial charge < -0.3 is 4.90 Å². The van der Waals surface area contributed by atoms with Crippen molar-refractivity contribution >= 4 is 0 Å². The second-order valence-electron chi connectivity index (χ2n) is 6.00. The summed E-state index contributed by atoms with van der Waals surface area (Å²) >= 11 is 0. The maximum Gasteiger partial charge on any atom is 0.00122 e. The Bertz CT molecular complexity index is 182. The van der Waals surface area contributed by atoms with Crippen molar-refractivity contribution in [3.05, 3.63) is 0 Å². The molecule has 1 heterocycles. The van der Waals surface area contributed by atoms with Gasteiger partial charge in [0.2, 0.25) is 0 Å². The predicted octanol–water partition coefficient (Wildman–Crippen LogP) is 3.54. The van der Waals surface area contributed by atoms with Crippen LogP contribution in [0.15, 0.2) is 0 Å². The quantitative estimate of drug-likeness (QED) is 0.672. The average molecular weight is 209 g/mol. The molecule has 0 spiro atoms. The van der Waals surface area contributed by atoms with Crippen molar-refractivity contribution in [1.82, 2.24) is 4.90 Å². The van der Waals surface area contributed by atoms with Crippen LogP contribution in [0.5, 0.6) is 0 Å². The third-order valence-corrected chi connectivity index (χ3v) is 4.66. The Morgan fingerprint density at radius 2 is 1.60 bits per heavy atom. The number of likely N-dealkylation sites (tertiary alicyclic amines) is 1. The van der Waals surface area contributed by atoms with Crippen molar-refractivity contribution in [2.75, 3.05) is 19.6 Å². The molecular formula is C14H27N. The fraction of sp³-hybridized carbons (Fsp3) is 1.00. The molecule has 2 rings (SSSR count). The molecule has 0 bridgehead atoms. The first-order chi connectivity index (χ1) is 7.25. The molecule has 15 heavy (non-hydrogen) atoms. The monoisotopic (exact) mass is 209 g/mol. The molecule has 2 fully saturated rings. The van der Waals surface area contributed by atoms with E-state index in [1.165, 1.54) is 58.2 Å². The summed E-state index contributed by atoms with van der Waals surface area (Å²) in [4.78, 5) is 2.73. The van der Waals surface area contributed by atoms with E-state index in [1.54, 1.807) is 0 Å². The van der Waals surface area contributed by atoms with Crippen molar-refractivity contribution in [3.63, 3.8) is 0 Å². The van der Waals surface area contributed by atoms with E-state index in [9.17, 15) is 0 Å². The first kappa shape index (κ1) is 11.4. The molecule has 1 aliphatic heterocycles. The number of piperidine rings is 1. The van der Waals surface area contributed by atoms with Gasteiger partial charge in [0.15, 0.2) is 0 Å². The van der Waals surface area contributed by atoms with E-state index in [2.05, 4.69) is 18.7 Å². The summed E-state index contributed by atoms with van der Waals surface area (Å²) in [5, 5.41) is 0. The predicted molar refractivity (Wildman–Crippen MR) is 66.0 cm³/mol. The van der Waals surface area contributed by atoms with Gasteiger partial charge in [-0.1, -0.05) is 33.1 Å². The van der Waals surface area contributed by atoms with E-state index in [0.717, 1.165) is 17.8 Å². The zero-order chi connectivity index (χ0) is 10.7. The molecule has 1 heteroatoms. The largest absolute Gasteiger partial charge is 0.303 e. The Hall–Kier alpha value is -0.0400. The van der Waals surface area contributed by atoms with E-state index in [1.807, 2.05) is 0 Å². The van der Waals surface area contributed by atoms with Gasteiger partial charge in [0.25, 0.3) is 0 Å². The van der Waals surface area contributed by atoms with Crippen LogP contribution >= 0.6 is 0 Å². The van der Waals surface area contributed by atoms with Crippen LogP contribution in [-0.2, 0) is 0 Å². The van der Waals surface area contributed by atoms with Crippen LogP contribution in [-0.4, -0.2) is 24.5 Å². The minimum absolute atomic E-state index is 0.977. The van der Waals surface area contributed by atoms with E-state index in [0.29, 0.717) is 0 Å². The van der Waals surface area contributed by atoms with Gasteiger partial charge in [-0.15, -0.1) is 0 Å². The van der Waals surface area contributed by atoms with Gasteiger partial charge >= 0.3 is 0 Å². The van der Waals surface area contributed by atoms with Gasteiger partial charge in [0.05, 0.1) is 0 Å². The van der Waals surface area contributed by atoms with Gasteiger partial charge in [0.1, 0.15) is 0 Å². The number of rotatable bonds is 2. The Balaban J connectivity index is 1.75. The molecule has 0 amide bonds. The zero-order valence-corrected chi connectivity index (χ0v) is 10.5. The molecule has 88 valence electrons. The topological polar surface area (TPSA) is 3.24 Å². The van der Waals surface area contributed by atoms with E-state index in [-0.39, 0.29) is 0 Å². The van der Waals surface area contributed by atoms with E-state index in [4.69, 9.17) is 0 Å². The number of hydrogen-bond donors (Lipinski definition) is 0. The maximum absolute atomic E-state index is 2.73. The zero-order valence-electron chi connectivity index (χ0n) is 10.5. The van der Waals surface area contributed by atoms with Gasteiger partial charge in [0, 0.05) is 6.54 Å². The number of hydrogen-bond acceptors (Lipinski definition) is 1. The molecule has 0 radical (unpaired) electrons. The molecule has 0 aromatic rings. The lowest BCUT2D eigenvalue weighted by Crippen LogP contribution is -2.38. The Kier molecular flexibility index (Phi) is 4.07. The fourth-order valence-electron chi connectivity index (χ4n) is 3.24. The lowest BCUT2D eigenvalue weighted by molar-refractivity contribution is 0.126. The highest BCUT2D eigenvalue weighted by Gasteiger charge is 2.25. The summed E-state index contributed by atoms with van der Waals surface area (Å²) < 4.78 is 0. The number of nitrogens with zero attached hydrogens (tertiary/aromatic N) is 1. The fourth-order valence-corrected chi connectivity index (χ4v) is 3.24. The van der Waals surface area contributed by atoms with Crippen molar-refractivity contribution in [1.29, 1.82) is 0 Å². The van der Waals surface area contributed by atoms with E-state index >= 15 is 0 Å². The Morgan fingerprint density at radius 3 is 2.27 bits per heavy atom. The third-order valence-electron chi connectivity index (χ3n) is 4.66. The third kappa shape index (κ3) is 3.21. The first-order valence-electron chi connectivity index (χ1n) is 6.98. The van der Waals surface area contributed by atoms with E-state index < -0.39 is 0 Å². The Morgan fingerprint density at radius 1 is 0.933 bits per heavy atom. The molecule has 1 aliphatic carbocycles. The molecule has 2 aliphatic rings. The lowest BCUT2D eigenvalue weighted by Gasteiger charge is -2.37. The molecule has 1 saturated carbocycles. The van der Waals surface area contributed by atoms with Crippen LogP contribution in [0.3, 0.4) is 0 Å². The molecule has 0 aromatic heterocycles. The molecule has 2 atom stereocenters. The van der Waals surface area contributed by atoms with Gasteiger partial charge in [-0.3, -0.25) is 0 Å². The highest BCUT2D eigenvalue weighted by Crippen LogP contribution is 2.31. The van der Waals surface area contributed by atoms with Gasteiger partial charge in [-0.25, -0.2) is 0 Å². The lowest BCUT2D eigenvalue weighted by atomic mass is 9.80. The van der Waals surface area contributed by atoms with Crippen LogP contribution in [0, 0.1) is 17.8 Å². The van der Waals surface area contributed by atoms with Crippen LogP contribution < -0.4 is 0 Å². The normalized spacial score (nSPS) is 35.6. The van der Waals surface area contributed by atoms with Crippen molar-refractivity contribution in [2.45, 2.75) is 52.4 Å². The van der Waals surface area contributed by atoms with Gasteiger partial charge in [-0.05, 0) is 50.1 Å². The minimum atomic E-state index is 0.977. The van der Waals surface area contributed by atoms with Crippen LogP contribution in [0.2, 0.25) is 0 Å². The first-order valence-corrected chi connectivity index (χ1v) is 6.98. The molecule has 1 nitrogen and oxygen atoms in total. The molecule has 2 unspecified atom stereocenters. The highest BCUT2D eigenvalue weighted by atomic mass is 15.1. The average Bonchev–Trinajstić information content (AvgIpc) is 2.25. The SMILES string of the molecule is CC1CCN(CC2CCCCC2C)CC1. The van der Waals surface area contributed by atoms with Gasteiger partial charge in [-0.2, -0.15) is 0 Å². The molecule has 0 N–H and O–H groups in total.